The second-order valence-electron chi connectivity index (χ2n) is 4.73. The van der Waals surface area contributed by atoms with Crippen molar-refractivity contribution in [3.8, 4) is 0 Å². The largest absolute Gasteiger partial charge is 0.395 e. The van der Waals surface area contributed by atoms with E-state index in [0.29, 0.717) is 6.54 Å². The third kappa shape index (κ3) is 5.83. The minimum Gasteiger partial charge on any atom is -0.395 e. The lowest BCUT2D eigenvalue weighted by molar-refractivity contribution is -0.111. The molecule has 0 aliphatic rings. The van der Waals surface area contributed by atoms with E-state index in [1.807, 2.05) is 55.3 Å². The number of benzene rings is 1. The van der Waals surface area contributed by atoms with Crippen LogP contribution in [0.25, 0.3) is 0 Å². The van der Waals surface area contributed by atoms with Gasteiger partial charge in [0.25, 0.3) is 0 Å². The molecule has 0 bridgehead atoms. The summed E-state index contributed by atoms with van der Waals surface area (Å²) in [7, 11) is 1.91. The van der Waals surface area contributed by atoms with E-state index >= 15 is 0 Å². The van der Waals surface area contributed by atoms with Gasteiger partial charge in [0.1, 0.15) is 0 Å². The zero-order valence-electron chi connectivity index (χ0n) is 13.0. The van der Waals surface area contributed by atoms with E-state index in [9.17, 15) is 4.79 Å². The van der Waals surface area contributed by atoms with E-state index < -0.39 is 0 Å². The zero-order valence-corrected chi connectivity index (χ0v) is 13.0. The standard InChI is InChI=1S/C17H24N2O2/c1-4-14(5-2)6-11-17(21)18-15-7-9-16(10-8-15)19(3)12-13-20/h4,6-11,20H,5,12-13H2,1-3H3,(H,18,21). The number of nitrogens with zero attached hydrogens (tertiary/aromatic N) is 1. The number of amides is 1. The Bertz CT molecular complexity index is 504. The summed E-state index contributed by atoms with van der Waals surface area (Å²) in [5, 5.41) is 11.7. The maximum absolute atomic E-state index is 11.8. The summed E-state index contributed by atoms with van der Waals surface area (Å²) in [6.07, 6.45) is 6.28. The normalized spacial score (nSPS) is 11.7. The van der Waals surface area contributed by atoms with Gasteiger partial charge in [0.05, 0.1) is 6.61 Å². The van der Waals surface area contributed by atoms with E-state index in [1.165, 1.54) is 0 Å². The summed E-state index contributed by atoms with van der Waals surface area (Å²) in [6, 6.07) is 7.54. The Morgan fingerprint density at radius 1 is 1.29 bits per heavy atom. The molecule has 4 heteroatoms. The molecular formula is C17H24N2O2. The number of aliphatic hydroxyl groups excluding tert-OH is 1. The van der Waals surface area contributed by atoms with Gasteiger partial charge in [-0.3, -0.25) is 4.79 Å². The van der Waals surface area contributed by atoms with Crippen LogP contribution < -0.4 is 10.2 Å². The van der Waals surface area contributed by atoms with Crippen LogP contribution in [-0.2, 0) is 4.79 Å². The van der Waals surface area contributed by atoms with E-state index in [2.05, 4.69) is 12.2 Å². The molecule has 0 radical (unpaired) electrons. The number of carbonyl (C=O) groups excluding carboxylic acids is 1. The van der Waals surface area contributed by atoms with Crippen molar-refractivity contribution in [3.63, 3.8) is 0 Å². The number of likely N-dealkylation sites (N-methyl/N-ethyl adjacent to an activating group) is 1. The smallest absolute Gasteiger partial charge is 0.248 e. The molecular weight excluding hydrogens is 264 g/mol. The summed E-state index contributed by atoms with van der Waals surface area (Å²) < 4.78 is 0. The van der Waals surface area contributed by atoms with Crippen molar-refractivity contribution in [2.45, 2.75) is 20.3 Å². The van der Waals surface area contributed by atoms with Crippen molar-refractivity contribution < 1.29 is 9.90 Å². The third-order valence-electron chi connectivity index (χ3n) is 3.24. The van der Waals surface area contributed by atoms with Crippen LogP contribution in [0.3, 0.4) is 0 Å². The first-order valence-corrected chi connectivity index (χ1v) is 7.17. The first-order chi connectivity index (χ1) is 10.1. The molecule has 0 atom stereocenters. The molecule has 0 fully saturated rings. The topological polar surface area (TPSA) is 52.6 Å². The van der Waals surface area contributed by atoms with Gasteiger partial charge < -0.3 is 15.3 Å². The van der Waals surface area contributed by atoms with Gasteiger partial charge in [0, 0.05) is 31.0 Å². The molecule has 2 N–H and O–H groups in total. The van der Waals surface area contributed by atoms with Crippen LogP contribution in [0, 0.1) is 0 Å². The molecule has 1 rings (SSSR count). The van der Waals surface area contributed by atoms with Gasteiger partial charge in [0.2, 0.25) is 5.91 Å². The molecule has 0 heterocycles. The lowest BCUT2D eigenvalue weighted by atomic mass is 10.2. The van der Waals surface area contributed by atoms with Crippen LogP contribution >= 0.6 is 0 Å². The van der Waals surface area contributed by atoms with Crippen LogP contribution in [0.2, 0.25) is 0 Å². The van der Waals surface area contributed by atoms with E-state index in [1.54, 1.807) is 6.08 Å². The van der Waals surface area contributed by atoms with Crippen molar-refractivity contribution in [2.75, 3.05) is 30.4 Å². The first-order valence-electron chi connectivity index (χ1n) is 7.17. The molecule has 0 aliphatic heterocycles. The van der Waals surface area contributed by atoms with Crippen molar-refractivity contribution >= 4 is 17.3 Å². The zero-order chi connectivity index (χ0) is 15.7. The molecule has 0 aliphatic carbocycles. The van der Waals surface area contributed by atoms with Gasteiger partial charge in [-0.1, -0.05) is 24.6 Å². The average Bonchev–Trinajstić information content (AvgIpc) is 2.49. The van der Waals surface area contributed by atoms with Crippen LogP contribution in [0.5, 0.6) is 0 Å². The predicted octanol–water partition coefficient (Wildman–Crippen LogP) is 2.97. The minimum atomic E-state index is -0.140. The third-order valence-corrected chi connectivity index (χ3v) is 3.24. The second kappa shape index (κ2) is 8.97. The number of hydrogen-bond donors (Lipinski definition) is 2. The highest BCUT2D eigenvalue weighted by molar-refractivity contribution is 5.99. The number of hydrogen-bond acceptors (Lipinski definition) is 3. The van der Waals surface area contributed by atoms with Crippen LogP contribution in [0.1, 0.15) is 20.3 Å². The molecule has 0 saturated heterocycles. The highest BCUT2D eigenvalue weighted by Gasteiger charge is 2.01. The SMILES string of the molecule is CC=C(C=CC(=O)Nc1ccc(N(C)CCO)cc1)CC. The molecule has 1 aromatic carbocycles. The van der Waals surface area contributed by atoms with Crippen molar-refractivity contribution in [1.82, 2.24) is 0 Å². The molecule has 0 saturated carbocycles. The summed E-state index contributed by atoms with van der Waals surface area (Å²) in [5.41, 5.74) is 2.88. The summed E-state index contributed by atoms with van der Waals surface area (Å²) in [4.78, 5) is 13.8. The monoisotopic (exact) mass is 288 g/mol. The van der Waals surface area contributed by atoms with Crippen LogP contribution in [0.15, 0.2) is 48.1 Å². The lowest BCUT2D eigenvalue weighted by Gasteiger charge is -2.18. The van der Waals surface area contributed by atoms with Crippen molar-refractivity contribution in [3.05, 3.63) is 48.1 Å². The Labute approximate surface area is 126 Å². The molecule has 21 heavy (non-hydrogen) atoms. The van der Waals surface area contributed by atoms with E-state index in [0.717, 1.165) is 23.4 Å². The van der Waals surface area contributed by atoms with Gasteiger partial charge in [-0.2, -0.15) is 0 Å². The number of carbonyl (C=O) groups is 1. The van der Waals surface area contributed by atoms with Crippen LogP contribution in [-0.4, -0.2) is 31.2 Å². The van der Waals surface area contributed by atoms with E-state index in [-0.39, 0.29) is 12.5 Å². The Balaban J connectivity index is 2.61. The van der Waals surface area contributed by atoms with Gasteiger partial charge in [-0.05, 0) is 37.6 Å². The molecule has 4 nitrogen and oxygen atoms in total. The first kappa shape index (κ1) is 17.0. The highest BCUT2D eigenvalue weighted by Crippen LogP contribution is 2.16. The fraction of sp³-hybridized carbons (Fsp3) is 0.353. The summed E-state index contributed by atoms with van der Waals surface area (Å²) in [5.74, 6) is -0.140. The number of nitrogens with one attached hydrogen (secondary N) is 1. The quantitative estimate of drug-likeness (QED) is 0.599. The Hall–Kier alpha value is -2.07. The summed E-state index contributed by atoms with van der Waals surface area (Å²) >= 11 is 0. The maximum Gasteiger partial charge on any atom is 0.248 e. The van der Waals surface area contributed by atoms with E-state index in [4.69, 9.17) is 5.11 Å². The lowest BCUT2D eigenvalue weighted by Crippen LogP contribution is -2.20. The molecule has 114 valence electrons. The van der Waals surface area contributed by atoms with Crippen molar-refractivity contribution in [1.29, 1.82) is 0 Å². The fourth-order valence-corrected chi connectivity index (χ4v) is 1.86. The highest BCUT2D eigenvalue weighted by atomic mass is 16.3. The molecule has 0 spiro atoms. The summed E-state index contributed by atoms with van der Waals surface area (Å²) in [6.45, 7) is 4.71. The minimum absolute atomic E-state index is 0.116. The Morgan fingerprint density at radius 2 is 1.95 bits per heavy atom. The van der Waals surface area contributed by atoms with Gasteiger partial charge in [-0.15, -0.1) is 0 Å². The van der Waals surface area contributed by atoms with Crippen LogP contribution in [0.4, 0.5) is 11.4 Å². The number of rotatable bonds is 7. The number of anilines is 2. The van der Waals surface area contributed by atoms with Gasteiger partial charge >= 0.3 is 0 Å². The van der Waals surface area contributed by atoms with Gasteiger partial charge in [0.15, 0.2) is 0 Å². The molecule has 0 unspecified atom stereocenters. The number of aliphatic hydroxyl groups is 1. The van der Waals surface area contributed by atoms with Gasteiger partial charge in [-0.25, -0.2) is 0 Å². The fourth-order valence-electron chi connectivity index (χ4n) is 1.86. The predicted molar refractivity (Wildman–Crippen MR) is 88.6 cm³/mol. The molecule has 1 amide bonds. The maximum atomic E-state index is 11.8. The molecule has 0 aromatic heterocycles. The Kier molecular flexibility index (Phi) is 7.26. The Morgan fingerprint density at radius 3 is 2.48 bits per heavy atom. The average molecular weight is 288 g/mol. The number of allylic oxidation sites excluding steroid dienone is 3. The molecule has 1 aromatic rings. The second-order valence-corrected chi connectivity index (χ2v) is 4.73. The van der Waals surface area contributed by atoms with Crippen molar-refractivity contribution in [2.24, 2.45) is 0 Å².